The lowest BCUT2D eigenvalue weighted by Crippen LogP contribution is -2.58. The van der Waals surface area contributed by atoms with Gasteiger partial charge in [0.15, 0.2) is 0 Å². The van der Waals surface area contributed by atoms with Crippen LogP contribution >= 0.6 is 0 Å². The van der Waals surface area contributed by atoms with Crippen molar-refractivity contribution in [1.29, 1.82) is 0 Å². The maximum absolute atomic E-state index is 13.0. The fourth-order valence-corrected chi connectivity index (χ4v) is 2.68. The maximum atomic E-state index is 13.0. The Balaban J connectivity index is 2.07. The SMILES string of the molecule is COc1ccc(C(=O)N2c3ccccc3NC(=O)C2(C)C)cc1. The van der Waals surface area contributed by atoms with Crippen LogP contribution in [0, 0.1) is 0 Å². The van der Waals surface area contributed by atoms with Crippen LogP contribution in [0.15, 0.2) is 48.5 Å². The van der Waals surface area contributed by atoms with Crippen LogP contribution in [-0.2, 0) is 4.79 Å². The molecule has 3 rings (SSSR count). The molecule has 1 aliphatic rings. The van der Waals surface area contributed by atoms with Crippen LogP contribution in [0.2, 0.25) is 0 Å². The monoisotopic (exact) mass is 310 g/mol. The second kappa shape index (κ2) is 5.43. The molecule has 1 heterocycles. The van der Waals surface area contributed by atoms with Gasteiger partial charge in [0.1, 0.15) is 11.3 Å². The van der Waals surface area contributed by atoms with Gasteiger partial charge in [0.2, 0.25) is 5.91 Å². The van der Waals surface area contributed by atoms with Gasteiger partial charge >= 0.3 is 0 Å². The lowest BCUT2D eigenvalue weighted by atomic mass is 9.95. The van der Waals surface area contributed by atoms with Crippen molar-refractivity contribution in [3.8, 4) is 5.75 Å². The van der Waals surface area contributed by atoms with Gasteiger partial charge in [-0.05, 0) is 50.2 Å². The number of methoxy groups -OCH3 is 1. The number of amides is 2. The van der Waals surface area contributed by atoms with Crippen molar-refractivity contribution >= 4 is 23.2 Å². The molecule has 0 unspecified atom stereocenters. The summed E-state index contributed by atoms with van der Waals surface area (Å²) < 4.78 is 5.12. The Morgan fingerprint density at radius 1 is 1.09 bits per heavy atom. The van der Waals surface area contributed by atoms with Crippen molar-refractivity contribution < 1.29 is 14.3 Å². The fourth-order valence-electron chi connectivity index (χ4n) is 2.68. The third-order valence-corrected chi connectivity index (χ3v) is 4.05. The quantitative estimate of drug-likeness (QED) is 0.927. The summed E-state index contributed by atoms with van der Waals surface area (Å²) >= 11 is 0. The number of anilines is 2. The Morgan fingerprint density at radius 2 is 1.74 bits per heavy atom. The van der Waals surface area contributed by atoms with Crippen LogP contribution in [0.4, 0.5) is 11.4 Å². The van der Waals surface area contributed by atoms with Crippen LogP contribution in [-0.4, -0.2) is 24.5 Å². The first-order valence-electron chi connectivity index (χ1n) is 7.34. The minimum Gasteiger partial charge on any atom is -0.497 e. The lowest BCUT2D eigenvalue weighted by molar-refractivity contribution is -0.120. The van der Waals surface area contributed by atoms with Crippen molar-refractivity contribution in [1.82, 2.24) is 0 Å². The van der Waals surface area contributed by atoms with E-state index in [0.29, 0.717) is 22.7 Å². The highest BCUT2D eigenvalue weighted by Gasteiger charge is 2.43. The Bertz CT molecular complexity index is 766. The summed E-state index contributed by atoms with van der Waals surface area (Å²) in [7, 11) is 1.57. The molecule has 2 aromatic rings. The molecule has 5 heteroatoms. The number of para-hydroxylation sites is 2. The Morgan fingerprint density at radius 3 is 2.39 bits per heavy atom. The molecule has 23 heavy (non-hydrogen) atoms. The fraction of sp³-hybridized carbons (Fsp3) is 0.222. The third-order valence-electron chi connectivity index (χ3n) is 4.05. The summed E-state index contributed by atoms with van der Waals surface area (Å²) in [6.07, 6.45) is 0. The van der Waals surface area contributed by atoms with Crippen LogP contribution in [0.1, 0.15) is 24.2 Å². The van der Waals surface area contributed by atoms with E-state index in [0.717, 1.165) is 0 Å². The number of nitrogens with one attached hydrogen (secondary N) is 1. The highest BCUT2D eigenvalue weighted by molar-refractivity contribution is 6.18. The van der Waals surface area contributed by atoms with E-state index in [1.807, 2.05) is 18.2 Å². The zero-order valence-corrected chi connectivity index (χ0v) is 13.3. The zero-order chi connectivity index (χ0) is 16.6. The molecule has 1 aliphatic heterocycles. The van der Waals surface area contributed by atoms with E-state index >= 15 is 0 Å². The normalized spacial score (nSPS) is 15.6. The van der Waals surface area contributed by atoms with E-state index in [1.165, 1.54) is 0 Å². The molecule has 2 amide bonds. The average Bonchev–Trinajstić information content (AvgIpc) is 2.55. The molecular weight excluding hydrogens is 292 g/mol. The molecule has 2 aromatic carbocycles. The summed E-state index contributed by atoms with van der Waals surface area (Å²) in [5.74, 6) is 0.246. The largest absolute Gasteiger partial charge is 0.497 e. The Kier molecular flexibility index (Phi) is 3.56. The van der Waals surface area contributed by atoms with Gasteiger partial charge in [0.25, 0.3) is 5.91 Å². The minimum atomic E-state index is -0.981. The van der Waals surface area contributed by atoms with E-state index in [9.17, 15) is 9.59 Å². The predicted octanol–water partition coefficient (Wildman–Crippen LogP) is 3.07. The molecule has 0 radical (unpaired) electrons. The number of rotatable bonds is 2. The molecule has 0 saturated heterocycles. The van der Waals surface area contributed by atoms with E-state index in [1.54, 1.807) is 56.2 Å². The van der Waals surface area contributed by atoms with Crippen molar-refractivity contribution in [3.63, 3.8) is 0 Å². The van der Waals surface area contributed by atoms with Crippen molar-refractivity contribution in [2.24, 2.45) is 0 Å². The number of carbonyl (C=O) groups is 2. The number of carbonyl (C=O) groups excluding carboxylic acids is 2. The first-order chi connectivity index (χ1) is 10.9. The van der Waals surface area contributed by atoms with Crippen molar-refractivity contribution in [2.75, 3.05) is 17.3 Å². The van der Waals surface area contributed by atoms with Crippen LogP contribution in [0.25, 0.3) is 0 Å². The molecule has 0 atom stereocenters. The first kappa shape index (κ1) is 15.1. The Labute approximate surface area is 134 Å². The number of fused-ring (bicyclic) bond motifs is 1. The van der Waals surface area contributed by atoms with E-state index in [4.69, 9.17) is 4.74 Å². The second-order valence-electron chi connectivity index (χ2n) is 5.90. The molecule has 5 nitrogen and oxygen atoms in total. The summed E-state index contributed by atoms with van der Waals surface area (Å²) in [5.41, 5.74) is 0.853. The van der Waals surface area contributed by atoms with Gasteiger partial charge in [0, 0.05) is 5.56 Å². The van der Waals surface area contributed by atoms with Gasteiger partial charge in [-0.15, -0.1) is 0 Å². The molecule has 0 bridgehead atoms. The van der Waals surface area contributed by atoms with E-state index in [2.05, 4.69) is 5.32 Å². The molecule has 0 saturated carbocycles. The summed E-state index contributed by atoms with van der Waals surface area (Å²) in [5, 5.41) is 2.85. The van der Waals surface area contributed by atoms with Crippen molar-refractivity contribution in [3.05, 3.63) is 54.1 Å². The van der Waals surface area contributed by atoms with Crippen LogP contribution in [0.3, 0.4) is 0 Å². The summed E-state index contributed by atoms with van der Waals surface area (Å²) in [6.45, 7) is 3.47. The zero-order valence-electron chi connectivity index (χ0n) is 13.3. The molecule has 0 spiro atoms. The first-order valence-corrected chi connectivity index (χ1v) is 7.34. The smallest absolute Gasteiger partial charge is 0.259 e. The van der Waals surface area contributed by atoms with Gasteiger partial charge in [-0.1, -0.05) is 12.1 Å². The average molecular weight is 310 g/mol. The molecule has 0 aliphatic carbocycles. The third kappa shape index (κ3) is 2.44. The van der Waals surface area contributed by atoms with Gasteiger partial charge in [-0.3, -0.25) is 14.5 Å². The molecule has 118 valence electrons. The number of hydrogen-bond acceptors (Lipinski definition) is 3. The number of benzene rings is 2. The summed E-state index contributed by atoms with van der Waals surface area (Å²) in [4.78, 5) is 27.0. The second-order valence-corrected chi connectivity index (χ2v) is 5.90. The van der Waals surface area contributed by atoms with Gasteiger partial charge < -0.3 is 10.1 Å². The number of ether oxygens (including phenoxy) is 1. The standard InChI is InChI=1S/C18H18N2O3/c1-18(2)17(22)19-14-6-4-5-7-15(14)20(18)16(21)12-8-10-13(23-3)11-9-12/h4-11H,1-3H3,(H,19,22). The van der Waals surface area contributed by atoms with Crippen LogP contribution < -0.4 is 15.0 Å². The highest BCUT2D eigenvalue weighted by atomic mass is 16.5. The Hall–Kier alpha value is -2.82. The van der Waals surface area contributed by atoms with E-state index < -0.39 is 5.54 Å². The minimum absolute atomic E-state index is 0.210. The van der Waals surface area contributed by atoms with Gasteiger partial charge in [-0.2, -0.15) is 0 Å². The number of nitrogens with zero attached hydrogens (tertiary/aromatic N) is 1. The van der Waals surface area contributed by atoms with Gasteiger partial charge in [0.05, 0.1) is 18.5 Å². The van der Waals surface area contributed by atoms with Crippen LogP contribution in [0.5, 0.6) is 5.75 Å². The molecular formula is C18H18N2O3. The van der Waals surface area contributed by atoms with Crippen molar-refractivity contribution in [2.45, 2.75) is 19.4 Å². The summed E-state index contributed by atoms with van der Waals surface area (Å²) in [6, 6.07) is 14.2. The van der Waals surface area contributed by atoms with Gasteiger partial charge in [-0.25, -0.2) is 0 Å². The molecule has 0 fully saturated rings. The highest BCUT2D eigenvalue weighted by Crippen LogP contribution is 2.37. The maximum Gasteiger partial charge on any atom is 0.259 e. The predicted molar refractivity (Wildman–Crippen MR) is 89.0 cm³/mol. The lowest BCUT2D eigenvalue weighted by Gasteiger charge is -2.42. The molecule has 1 N–H and O–H groups in total. The number of hydrogen-bond donors (Lipinski definition) is 1. The van der Waals surface area contributed by atoms with E-state index in [-0.39, 0.29) is 11.8 Å². The molecule has 0 aromatic heterocycles. The topological polar surface area (TPSA) is 58.6 Å².